The Labute approximate surface area is 183 Å². The monoisotopic (exact) mass is 472 g/mol. The van der Waals surface area contributed by atoms with Gasteiger partial charge in [0.05, 0.1) is 11.3 Å². The molecular formula is C20H19ClF2N2O5S. The number of nitrogens with zero attached hydrogens (tertiary/aromatic N) is 2. The molecule has 1 heterocycles. The molecule has 11 heteroatoms. The van der Waals surface area contributed by atoms with Gasteiger partial charge in [-0.05, 0) is 36.4 Å². The highest BCUT2D eigenvalue weighted by Crippen LogP contribution is 2.20. The Hall–Kier alpha value is -2.56. The number of ether oxygens (including phenoxy) is 1. The topological polar surface area (TPSA) is 84.0 Å². The Morgan fingerprint density at radius 3 is 2.26 bits per heavy atom. The Bertz CT molecular complexity index is 1050. The summed E-state index contributed by atoms with van der Waals surface area (Å²) in [6.45, 7) is -0.240. The molecule has 7 nitrogen and oxygen atoms in total. The molecule has 0 radical (unpaired) electrons. The van der Waals surface area contributed by atoms with Gasteiger partial charge in [0, 0.05) is 36.8 Å². The van der Waals surface area contributed by atoms with Crippen LogP contribution in [-0.4, -0.2) is 62.3 Å². The summed E-state index contributed by atoms with van der Waals surface area (Å²) in [6, 6.07) is 8.51. The van der Waals surface area contributed by atoms with Crippen molar-refractivity contribution in [2.75, 3.05) is 32.8 Å². The fourth-order valence-corrected chi connectivity index (χ4v) is 4.72. The second kappa shape index (κ2) is 9.71. The third-order valence-electron chi connectivity index (χ3n) is 4.78. The lowest BCUT2D eigenvalue weighted by Crippen LogP contribution is -2.51. The van der Waals surface area contributed by atoms with Crippen LogP contribution < -0.4 is 0 Å². The quantitative estimate of drug-likeness (QED) is 0.602. The van der Waals surface area contributed by atoms with E-state index in [9.17, 15) is 26.8 Å². The third kappa shape index (κ3) is 5.57. The molecule has 1 saturated heterocycles. The number of hydrogen-bond acceptors (Lipinski definition) is 5. The van der Waals surface area contributed by atoms with Crippen LogP contribution in [0.2, 0.25) is 5.02 Å². The van der Waals surface area contributed by atoms with Crippen molar-refractivity contribution < 1.29 is 31.5 Å². The SMILES string of the molecule is O=C(Cc1c(F)cccc1Cl)OCC(=O)N1CCN(S(=O)(=O)c2ccc(F)cc2)CC1. The number of carbonyl (C=O) groups is 2. The molecule has 0 spiro atoms. The first-order chi connectivity index (χ1) is 14.7. The zero-order valence-corrected chi connectivity index (χ0v) is 17.8. The first kappa shape index (κ1) is 23.1. The van der Waals surface area contributed by atoms with E-state index in [2.05, 4.69) is 0 Å². The standard InChI is InChI=1S/C20H19ClF2N2O5S/c21-17-2-1-3-18(23)16(17)12-20(27)30-13-19(26)24-8-10-25(11-9-24)31(28,29)15-6-4-14(22)5-7-15/h1-7H,8-13H2. The number of esters is 1. The minimum atomic E-state index is -3.80. The minimum absolute atomic E-state index is 0.0128. The van der Waals surface area contributed by atoms with Crippen LogP contribution in [0, 0.1) is 11.6 Å². The van der Waals surface area contributed by atoms with Gasteiger partial charge in [-0.2, -0.15) is 4.31 Å². The maximum Gasteiger partial charge on any atom is 0.310 e. The number of rotatable bonds is 6. The average Bonchev–Trinajstić information content (AvgIpc) is 2.75. The maximum atomic E-state index is 13.7. The number of piperazine rings is 1. The molecule has 0 aromatic heterocycles. The van der Waals surface area contributed by atoms with E-state index in [0.29, 0.717) is 0 Å². The fraction of sp³-hybridized carbons (Fsp3) is 0.300. The van der Waals surface area contributed by atoms with Crippen molar-refractivity contribution >= 4 is 33.5 Å². The molecule has 2 aromatic rings. The molecule has 0 aliphatic carbocycles. The van der Waals surface area contributed by atoms with Crippen LogP contribution in [0.4, 0.5) is 8.78 Å². The summed E-state index contributed by atoms with van der Waals surface area (Å²) >= 11 is 5.87. The van der Waals surface area contributed by atoms with Crippen molar-refractivity contribution in [1.29, 1.82) is 0 Å². The van der Waals surface area contributed by atoms with E-state index in [1.54, 1.807) is 0 Å². The van der Waals surface area contributed by atoms with Crippen molar-refractivity contribution in [3.8, 4) is 0 Å². The Morgan fingerprint density at radius 1 is 1.00 bits per heavy atom. The molecule has 166 valence electrons. The lowest BCUT2D eigenvalue weighted by molar-refractivity contribution is -0.152. The van der Waals surface area contributed by atoms with E-state index in [1.807, 2.05) is 0 Å². The largest absolute Gasteiger partial charge is 0.455 e. The smallest absolute Gasteiger partial charge is 0.310 e. The maximum absolute atomic E-state index is 13.7. The summed E-state index contributed by atoms with van der Waals surface area (Å²) in [5.41, 5.74) is -0.0128. The Balaban J connectivity index is 1.50. The Kier molecular flexibility index (Phi) is 7.24. The number of amides is 1. The molecule has 1 amide bonds. The number of carbonyl (C=O) groups excluding carboxylic acids is 2. The number of benzene rings is 2. The zero-order valence-electron chi connectivity index (χ0n) is 16.3. The van der Waals surface area contributed by atoms with Crippen molar-refractivity contribution in [2.45, 2.75) is 11.3 Å². The predicted molar refractivity (Wildman–Crippen MR) is 108 cm³/mol. The van der Waals surface area contributed by atoms with Gasteiger partial charge in [0.2, 0.25) is 10.0 Å². The summed E-state index contributed by atoms with van der Waals surface area (Å²) in [5.74, 6) is -2.49. The molecule has 0 atom stereocenters. The van der Waals surface area contributed by atoms with Crippen molar-refractivity contribution in [3.05, 3.63) is 64.7 Å². The third-order valence-corrected chi connectivity index (χ3v) is 7.05. The molecule has 1 aliphatic rings. The lowest BCUT2D eigenvalue weighted by atomic mass is 10.1. The van der Waals surface area contributed by atoms with Gasteiger partial charge in [-0.25, -0.2) is 17.2 Å². The highest BCUT2D eigenvalue weighted by molar-refractivity contribution is 7.89. The van der Waals surface area contributed by atoms with E-state index in [0.717, 1.165) is 12.1 Å². The van der Waals surface area contributed by atoms with E-state index >= 15 is 0 Å². The molecule has 1 fully saturated rings. The van der Waals surface area contributed by atoms with Crippen molar-refractivity contribution in [2.24, 2.45) is 0 Å². The zero-order chi connectivity index (χ0) is 22.6. The molecule has 1 aliphatic heterocycles. The fourth-order valence-electron chi connectivity index (χ4n) is 3.06. The van der Waals surface area contributed by atoms with Gasteiger partial charge in [0.15, 0.2) is 6.61 Å². The normalized spacial score (nSPS) is 15.0. The average molecular weight is 473 g/mol. The molecule has 31 heavy (non-hydrogen) atoms. The van der Waals surface area contributed by atoms with Gasteiger partial charge in [-0.3, -0.25) is 9.59 Å². The molecular weight excluding hydrogens is 454 g/mol. The predicted octanol–water partition coefficient (Wildman–Crippen LogP) is 2.24. The van der Waals surface area contributed by atoms with E-state index < -0.39 is 46.6 Å². The summed E-state index contributed by atoms with van der Waals surface area (Å²) in [7, 11) is -3.80. The molecule has 2 aromatic carbocycles. The van der Waals surface area contributed by atoms with Crippen molar-refractivity contribution in [1.82, 2.24) is 9.21 Å². The van der Waals surface area contributed by atoms with Gasteiger partial charge >= 0.3 is 5.97 Å². The first-order valence-electron chi connectivity index (χ1n) is 9.30. The van der Waals surface area contributed by atoms with Gasteiger partial charge in [0.25, 0.3) is 5.91 Å². The van der Waals surface area contributed by atoms with Crippen LogP contribution in [0.25, 0.3) is 0 Å². The van der Waals surface area contributed by atoms with E-state index in [4.69, 9.17) is 16.3 Å². The van der Waals surface area contributed by atoms with Gasteiger partial charge in [0.1, 0.15) is 11.6 Å². The van der Waals surface area contributed by atoms with Gasteiger partial charge in [-0.15, -0.1) is 0 Å². The second-order valence-electron chi connectivity index (χ2n) is 6.78. The van der Waals surface area contributed by atoms with Crippen molar-refractivity contribution in [3.63, 3.8) is 0 Å². The van der Waals surface area contributed by atoms with Crippen LogP contribution in [0.15, 0.2) is 47.4 Å². The van der Waals surface area contributed by atoms with E-state index in [1.165, 1.54) is 39.5 Å². The summed E-state index contributed by atoms with van der Waals surface area (Å²) < 4.78 is 58.1. The van der Waals surface area contributed by atoms with Gasteiger partial charge in [-0.1, -0.05) is 17.7 Å². The molecule has 0 unspecified atom stereocenters. The minimum Gasteiger partial charge on any atom is -0.455 e. The Morgan fingerprint density at radius 2 is 1.65 bits per heavy atom. The second-order valence-corrected chi connectivity index (χ2v) is 9.12. The first-order valence-corrected chi connectivity index (χ1v) is 11.1. The van der Waals surface area contributed by atoms with Gasteiger partial charge < -0.3 is 9.64 Å². The molecule has 0 N–H and O–H groups in total. The highest BCUT2D eigenvalue weighted by atomic mass is 35.5. The summed E-state index contributed by atoms with van der Waals surface area (Å²) in [5, 5.41) is 0.0850. The van der Waals surface area contributed by atoms with Crippen LogP contribution in [0.1, 0.15) is 5.56 Å². The van der Waals surface area contributed by atoms with Crippen LogP contribution >= 0.6 is 11.6 Å². The molecule has 3 rings (SSSR count). The van der Waals surface area contributed by atoms with Crippen LogP contribution in [0.3, 0.4) is 0 Å². The summed E-state index contributed by atoms with van der Waals surface area (Å²) in [4.78, 5) is 25.6. The van der Waals surface area contributed by atoms with Crippen LogP contribution in [0.5, 0.6) is 0 Å². The lowest BCUT2D eigenvalue weighted by Gasteiger charge is -2.33. The number of halogens is 3. The van der Waals surface area contributed by atoms with Crippen LogP contribution in [-0.2, 0) is 30.8 Å². The molecule has 0 saturated carbocycles. The van der Waals surface area contributed by atoms with E-state index in [-0.39, 0.29) is 41.7 Å². The molecule has 0 bridgehead atoms. The number of hydrogen-bond donors (Lipinski definition) is 0. The summed E-state index contributed by atoms with van der Waals surface area (Å²) in [6.07, 6.45) is -0.414. The highest BCUT2D eigenvalue weighted by Gasteiger charge is 2.30. The number of sulfonamides is 1.